The summed E-state index contributed by atoms with van der Waals surface area (Å²) >= 11 is 3.38. The van der Waals surface area contributed by atoms with Crippen LogP contribution in [0.4, 0.5) is 10.2 Å². The maximum atomic E-state index is 13.8. The Labute approximate surface area is 124 Å². The molecule has 0 radical (unpaired) electrons. The zero-order valence-corrected chi connectivity index (χ0v) is 12.3. The Morgan fingerprint density at radius 2 is 1.85 bits per heavy atom. The van der Waals surface area contributed by atoms with Crippen molar-refractivity contribution < 1.29 is 4.39 Å². The van der Waals surface area contributed by atoms with Crippen LogP contribution in [0.5, 0.6) is 0 Å². The molecule has 0 saturated carbocycles. The van der Waals surface area contributed by atoms with Crippen molar-refractivity contribution >= 4 is 32.5 Å². The van der Waals surface area contributed by atoms with E-state index in [1.165, 1.54) is 6.07 Å². The molecule has 3 rings (SSSR count). The van der Waals surface area contributed by atoms with Gasteiger partial charge in [0.15, 0.2) is 5.82 Å². The Morgan fingerprint density at radius 1 is 1.10 bits per heavy atom. The fourth-order valence-electron chi connectivity index (χ4n) is 2.13. The Bertz CT molecular complexity index is 789. The van der Waals surface area contributed by atoms with Crippen LogP contribution in [0.2, 0.25) is 0 Å². The SMILES string of the molecule is CNc1nc(-c2ccc(F)c3ccccc23)ncc1Br. The molecule has 0 fully saturated rings. The zero-order chi connectivity index (χ0) is 14.1. The number of fused-ring (bicyclic) bond motifs is 1. The normalized spacial score (nSPS) is 10.8. The van der Waals surface area contributed by atoms with Crippen molar-refractivity contribution in [2.24, 2.45) is 0 Å². The molecule has 2 aromatic carbocycles. The van der Waals surface area contributed by atoms with Crippen LogP contribution >= 0.6 is 15.9 Å². The second kappa shape index (κ2) is 5.17. The first-order valence-electron chi connectivity index (χ1n) is 6.08. The van der Waals surface area contributed by atoms with E-state index in [2.05, 4.69) is 31.2 Å². The molecule has 1 aromatic heterocycles. The fourth-order valence-corrected chi connectivity index (χ4v) is 2.52. The van der Waals surface area contributed by atoms with Gasteiger partial charge in [-0.2, -0.15) is 0 Å². The molecule has 1 heterocycles. The van der Waals surface area contributed by atoms with E-state index in [1.54, 1.807) is 25.4 Å². The Balaban J connectivity index is 2.27. The van der Waals surface area contributed by atoms with Crippen LogP contribution in [0.1, 0.15) is 0 Å². The van der Waals surface area contributed by atoms with E-state index in [0.29, 0.717) is 17.0 Å². The van der Waals surface area contributed by atoms with E-state index in [4.69, 9.17) is 0 Å². The smallest absolute Gasteiger partial charge is 0.162 e. The first-order chi connectivity index (χ1) is 9.70. The van der Waals surface area contributed by atoms with Gasteiger partial charge in [-0.3, -0.25) is 0 Å². The van der Waals surface area contributed by atoms with Crippen LogP contribution in [0, 0.1) is 5.82 Å². The molecular formula is C15H11BrFN3. The summed E-state index contributed by atoms with van der Waals surface area (Å²) < 4.78 is 14.6. The molecule has 0 aliphatic rings. The van der Waals surface area contributed by atoms with Gasteiger partial charge in [0.1, 0.15) is 11.6 Å². The number of aromatic nitrogens is 2. The van der Waals surface area contributed by atoms with Gasteiger partial charge in [0.05, 0.1) is 4.47 Å². The lowest BCUT2D eigenvalue weighted by Gasteiger charge is -2.08. The number of rotatable bonds is 2. The largest absolute Gasteiger partial charge is 0.372 e. The van der Waals surface area contributed by atoms with Gasteiger partial charge in [0.2, 0.25) is 0 Å². The number of benzene rings is 2. The molecule has 0 unspecified atom stereocenters. The summed E-state index contributed by atoms with van der Waals surface area (Å²) in [5.41, 5.74) is 0.811. The van der Waals surface area contributed by atoms with Crippen molar-refractivity contribution in [3.8, 4) is 11.4 Å². The van der Waals surface area contributed by atoms with E-state index >= 15 is 0 Å². The van der Waals surface area contributed by atoms with Crippen molar-refractivity contribution in [3.05, 3.63) is 52.9 Å². The van der Waals surface area contributed by atoms with Crippen LogP contribution in [0.3, 0.4) is 0 Å². The predicted octanol–water partition coefficient (Wildman–Crippen LogP) is 4.24. The second-order valence-corrected chi connectivity index (χ2v) is 5.14. The van der Waals surface area contributed by atoms with Gasteiger partial charge < -0.3 is 5.32 Å². The van der Waals surface area contributed by atoms with Crippen LogP contribution in [0.25, 0.3) is 22.2 Å². The third-order valence-electron chi connectivity index (χ3n) is 3.09. The Kier molecular flexibility index (Phi) is 3.36. The molecule has 5 heteroatoms. The summed E-state index contributed by atoms with van der Waals surface area (Å²) in [6, 6.07) is 10.5. The second-order valence-electron chi connectivity index (χ2n) is 4.28. The quantitative estimate of drug-likeness (QED) is 0.763. The average molecular weight is 332 g/mol. The number of anilines is 1. The highest BCUT2D eigenvalue weighted by atomic mass is 79.9. The minimum Gasteiger partial charge on any atom is -0.372 e. The topological polar surface area (TPSA) is 37.8 Å². The third-order valence-corrected chi connectivity index (χ3v) is 3.67. The molecule has 0 bridgehead atoms. The van der Waals surface area contributed by atoms with Crippen LogP contribution < -0.4 is 5.32 Å². The van der Waals surface area contributed by atoms with Crippen LogP contribution in [0.15, 0.2) is 47.1 Å². The summed E-state index contributed by atoms with van der Waals surface area (Å²) in [7, 11) is 1.79. The van der Waals surface area contributed by atoms with Gasteiger partial charge in [-0.25, -0.2) is 14.4 Å². The van der Waals surface area contributed by atoms with Crippen LogP contribution in [-0.4, -0.2) is 17.0 Å². The first kappa shape index (κ1) is 13.0. The minimum atomic E-state index is -0.240. The molecule has 3 nitrogen and oxygen atoms in total. The maximum absolute atomic E-state index is 13.8. The molecule has 0 saturated heterocycles. The lowest BCUT2D eigenvalue weighted by Crippen LogP contribution is -1.98. The molecule has 1 N–H and O–H groups in total. The highest BCUT2D eigenvalue weighted by Gasteiger charge is 2.11. The summed E-state index contributed by atoms with van der Waals surface area (Å²) in [4.78, 5) is 8.77. The molecule has 0 spiro atoms. The van der Waals surface area contributed by atoms with Crippen molar-refractivity contribution in [3.63, 3.8) is 0 Å². The molecule has 0 atom stereocenters. The first-order valence-corrected chi connectivity index (χ1v) is 6.88. The molecule has 20 heavy (non-hydrogen) atoms. The van der Waals surface area contributed by atoms with E-state index in [9.17, 15) is 4.39 Å². The van der Waals surface area contributed by atoms with Gasteiger partial charge in [-0.15, -0.1) is 0 Å². The number of halogens is 2. The standard InChI is InChI=1S/C15H11BrFN3/c1-18-15-12(16)8-19-14(20-15)11-6-7-13(17)10-5-3-2-4-9(10)11/h2-8H,1H3,(H,18,19,20). The van der Waals surface area contributed by atoms with E-state index in [1.807, 2.05) is 18.2 Å². The van der Waals surface area contributed by atoms with Gasteiger partial charge in [0, 0.05) is 24.2 Å². The summed E-state index contributed by atoms with van der Waals surface area (Å²) in [6.45, 7) is 0. The highest BCUT2D eigenvalue weighted by Crippen LogP contribution is 2.30. The van der Waals surface area contributed by atoms with Crippen molar-refractivity contribution in [1.82, 2.24) is 9.97 Å². The minimum absolute atomic E-state index is 0.240. The van der Waals surface area contributed by atoms with E-state index in [-0.39, 0.29) is 5.82 Å². The highest BCUT2D eigenvalue weighted by molar-refractivity contribution is 9.10. The monoisotopic (exact) mass is 331 g/mol. The summed E-state index contributed by atoms with van der Waals surface area (Å²) in [5, 5.41) is 4.37. The molecular weight excluding hydrogens is 321 g/mol. The molecule has 0 aliphatic heterocycles. The predicted molar refractivity (Wildman–Crippen MR) is 82.2 cm³/mol. The molecule has 0 amide bonds. The Morgan fingerprint density at radius 3 is 2.60 bits per heavy atom. The van der Waals surface area contributed by atoms with Gasteiger partial charge in [0.25, 0.3) is 0 Å². The number of nitrogens with zero attached hydrogens (tertiary/aromatic N) is 2. The van der Waals surface area contributed by atoms with Gasteiger partial charge in [-0.1, -0.05) is 24.3 Å². The summed E-state index contributed by atoms with van der Waals surface area (Å²) in [5.74, 6) is 1.02. The van der Waals surface area contributed by atoms with Gasteiger partial charge in [-0.05, 0) is 33.4 Å². The number of hydrogen-bond acceptors (Lipinski definition) is 3. The van der Waals surface area contributed by atoms with E-state index < -0.39 is 0 Å². The lowest BCUT2D eigenvalue weighted by molar-refractivity contribution is 0.640. The number of nitrogens with one attached hydrogen (secondary N) is 1. The lowest BCUT2D eigenvalue weighted by atomic mass is 10.0. The third kappa shape index (κ3) is 2.14. The average Bonchev–Trinajstić information content (AvgIpc) is 2.49. The molecule has 100 valence electrons. The molecule has 3 aromatic rings. The van der Waals surface area contributed by atoms with Crippen molar-refractivity contribution in [1.29, 1.82) is 0 Å². The van der Waals surface area contributed by atoms with Crippen LogP contribution in [-0.2, 0) is 0 Å². The van der Waals surface area contributed by atoms with Gasteiger partial charge >= 0.3 is 0 Å². The molecule has 0 aliphatic carbocycles. The zero-order valence-electron chi connectivity index (χ0n) is 10.7. The maximum Gasteiger partial charge on any atom is 0.162 e. The van der Waals surface area contributed by atoms with Crippen molar-refractivity contribution in [2.45, 2.75) is 0 Å². The Hall–Kier alpha value is -2.01. The summed E-state index contributed by atoms with van der Waals surface area (Å²) in [6.07, 6.45) is 1.69. The number of hydrogen-bond donors (Lipinski definition) is 1. The van der Waals surface area contributed by atoms with E-state index in [0.717, 1.165) is 15.4 Å². The van der Waals surface area contributed by atoms with Crippen molar-refractivity contribution in [2.75, 3.05) is 12.4 Å². The fraction of sp³-hybridized carbons (Fsp3) is 0.0667.